The van der Waals surface area contributed by atoms with E-state index in [2.05, 4.69) is 31.4 Å². The molecule has 0 aliphatic heterocycles. The molecule has 4 aromatic rings. The summed E-state index contributed by atoms with van der Waals surface area (Å²) >= 11 is 6.15. The average molecular weight is 444 g/mol. The van der Waals surface area contributed by atoms with Crippen LogP contribution in [0.4, 0.5) is 5.69 Å². The molecule has 0 saturated carbocycles. The Labute approximate surface area is 180 Å². The van der Waals surface area contributed by atoms with Crippen LogP contribution in [-0.2, 0) is 15.6 Å². The summed E-state index contributed by atoms with van der Waals surface area (Å²) in [7, 11) is -3.41. The predicted molar refractivity (Wildman–Crippen MR) is 119 cm³/mol. The van der Waals surface area contributed by atoms with Crippen molar-refractivity contribution in [2.45, 2.75) is 25.8 Å². The highest BCUT2D eigenvalue weighted by Gasteiger charge is 2.39. The number of benzene rings is 2. The van der Waals surface area contributed by atoms with E-state index in [0.717, 1.165) is 22.7 Å². The highest BCUT2D eigenvalue weighted by atomic mass is 35.5. The molecule has 0 spiro atoms. The summed E-state index contributed by atoms with van der Waals surface area (Å²) in [5.74, 6) is 1.34. The topological polar surface area (TPSA) is 92.7 Å². The number of rotatable bonds is 6. The molecular formula is C21H22ClN5O2S. The first kappa shape index (κ1) is 20.4. The van der Waals surface area contributed by atoms with Crippen LogP contribution >= 0.6 is 11.6 Å². The normalized spacial score (nSPS) is 14.0. The molecule has 0 fully saturated rings. The number of sulfonamides is 1. The Kier molecular flexibility index (Phi) is 5.07. The van der Waals surface area contributed by atoms with Crippen molar-refractivity contribution in [3.63, 3.8) is 0 Å². The van der Waals surface area contributed by atoms with Crippen LogP contribution in [0.3, 0.4) is 0 Å². The first-order chi connectivity index (χ1) is 14.2. The third kappa shape index (κ3) is 3.46. The van der Waals surface area contributed by atoms with Crippen molar-refractivity contribution >= 4 is 38.2 Å². The Hall–Kier alpha value is -2.84. The van der Waals surface area contributed by atoms with E-state index in [4.69, 9.17) is 11.6 Å². The molecule has 0 radical (unpaired) electrons. The first-order valence-corrected chi connectivity index (χ1v) is 11.8. The lowest BCUT2D eigenvalue weighted by Crippen LogP contribution is -2.36. The Balaban J connectivity index is 2.02. The van der Waals surface area contributed by atoms with Crippen molar-refractivity contribution in [3.8, 4) is 0 Å². The summed E-state index contributed by atoms with van der Waals surface area (Å²) in [4.78, 5) is 4.67. The van der Waals surface area contributed by atoms with E-state index in [1.54, 1.807) is 6.07 Å². The first-order valence-electron chi connectivity index (χ1n) is 9.48. The fourth-order valence-electron chi connectivity index (χ4n) is 3.95. The average Bonchev–Trinajstić information content (AvgIpc) is 3.31. The van der Waals surface area contributed by atoms with Gasteiger partial charge in [-0.3, -0.25) is 9.82 Å². The Morgan fingerprint density at radius 1 is 1.17 bits per heavy atom. The third-order valence-electron chi connectivity index (χ3n) is 5.24. The van der Waals surface area contributed by atoms with Gasteiger partial charge in [-0.1, -0.05) is 36.7 Å². The molecule has 9 heteroatoms. The lowest BCUT2D eigenvalue weighted by molar-refractivity contribution is 0.404. The van der Waals surface area contributed by atoms with Crippen LogP contribution in [0.2, 0.25) is 5.02 Å². The van der Waals surface area contributed by atoms with Crippen LogP contribution in [0.15, 0.2) is 54.7 Å². The standard InChI is InChI=1S/C21H22ClN5O2S/c1-4-21(20-23-14(2)24-25-20,15-8-10-16(22)11-9-15)27-13-12-17-18(26-30(3,28)29)6-5-7-19(17)27/h5-13,26H,4H2,1-3H3,(H,23,24,25). The van der Waals surface area contributed by atoms with Gasteiger partial charge in [0.25, 0.3) is 0 Å². The van der Waals surface area contributed by atoms with E-state index < -0.39 is 15.6 Å². The maximum atomic E-state index is 11.8. The highest BCUT2D eigenvalue weighted by molar-refractivity contribution is 7.92. The molecule has 7 nitrogen and oxygen atoms in total. The van der Waals surface area contributed by atoms with Gasteiger partial charge in [-0.15, -0.1) is 0 Å². The van der Waals surface area contributed by atoms with E-state index in [9.17, 15) is 8.42 Å². The molecule has 0 saturated heterocycles. The number of fused-ring (bicyclic) bond motifs is 1. The van der Waals surface area contributed by atoms with Crippen LogP contribution < -0.4 is 4.72 Å². The summed E-state index contributed by atoms with van der Waals surface area (Å²) in [5.41, 5.74) is 1.66. The van der Waals surface area contributed by atoms with Gasteiger partial charge in [0.2, 0.25) is 10.0 Å². The second kappa shape index (κ2) is 7.45. The Morgan fingerprint density at radius 3 is 2.50 bits per heavy atom. The van der Waals surface area contributed by atoms with E-state index in [1.165, 1.54) is 0 Å². The molecule has 4 rings (SSSR count). The zero-order valence-electron chi connectivity index (χ0n) is 16.8. The van der Waals surface area contributed by atoms with Crippen molar-refractivity contribution < 1.29 is 8.42 Å². The second-order valence-electron chi connectivity index (χ2n) is 7.26. The maximum absolute atomic E-state index is 11.8. The van der Waals surface area contributed by atoms with Crippen LogP contribution in [0, 0.1) is 6.92 Å². The fourth-order valence-corrected chi connectivity index (χ4v) is 4.65. The quantitative estimate of drug-likeness (QED) is 0.464. The number of nitrogens with zero attached hydrogens (tertiary/aromatic N) is 3. The summed E-state index contributed by atoms with van der Waals surface area (Å²) in [6.45, 7) is 3.94. The molecule has 0 aliphatic carbocycles. The van der Waals surface area contributed by atoms with E-state index in [1.807, 2.05) is 55.6 Å². The molecule has 2 aromatic heterocycles. The minimum absolute atomic E-state index is 0.529. The smallest absolute Gasteiger partial charge is 0.229 e. The number of anilines is 1. The number of hydrogen-bond acceptors (Lipinski definition) is 4. The zero-order valence-corrected chi connectivity index (χ0v) is 18.4. The van der Waals surface area contributed by atoms with E-state index >= 15 is 0 Å². The molecule has 156 valence electrons. The Morgan fingerprint density at radius 2 is 1.90 bits per heavy atom. The van der Waals surface area contributed by atoms with E-state index in [0.29, 0.717) is 28.8 Å². The molecule has 2 aromatic carbocycles. The van der Waals surface area contributed by atoms with Crippen LogP contribution in [0.5, 0.6) is 0 Å². The minimum atomic E-state index is -3.41. The van der Waals surface area contributed by atoms with Gasteiger partial charge in [0.1, 0.15) is 11.4 Å². The number of aryl methyl sites for hydroxylation is 1. The van der Waals surface area contributed by atoms with Gasteiger partial charge in [-0.2, -0.15) is 5.10 Å². The van der Waals surface area contributed by atoms with Gasteiger partial charge in [-0.25, -0.2) is 13.4 Å². The lowest BCUT2D eigenvalue weighted by Gasteiger charge is -2.33. The van der Waals surface area contributed by atoms with Crippen molar-refractivity contribution in [2.24, 2.45) is 0 Å². The molecule has 0 amide bonds. The summed E-state index contributed by atoms with van der Waals surface area (Å²) < 4.78 is 28.4. The van der Waals surface area contributed by atoms with Crippen molar-refractivity contribution in [2.75, 3.05) is 11.0 Å². The van der Waals surface area contributed by atoms with Crippen molar-refractivity contribution in [3.05, 3.63) is 77.0 Å². The summed E-state index contributed by atoms with van der Waals surface area (Å²) in [6, 6.07) is 15.1. The molecule has 1 atom stereocenters. The van der Waals surface area contributed by atoms with Crippen LogP contribution in [0.1, 0.15) is 30.6 Å². The lowest BCUT2D eigenvalue weighted by atomic mass is 9.85. The number of aromatic nitrogens is 4. The maximum Gasteiger partial charge on any atom is 0.229 e. The van der Waals surface area contributed by atoms with Gasteiger partial charge in [0.15, 0.2) is 5.82 Å². The largest absolute Gasteiger partial charge is 0.330 e. The number of aromatic amines is 1. The highest BCUT2D eigenvalue weighted by Crippen LogP contribution is 2.40. The molecule has 2 N–H and O–H groups in total. The SMILES string of the molecule is CCC(c1ccc(Cl)cc1)(c1n[nH]c(C)n1)n1ccc2c(NS(C)(=O)=O)cccc21. The van der Waals surface area contributed by atoms with Gasteiger partial charge in [-0.05, 0) is 49.2 Å². The summed E-state index contributed by atoms with van der Waals surface area (Å²) in [5, 5.41) is 8.89. The molecule has 30 heavy (non-hydrogen) atoms. The summed E-state index contributed by atoms with van der Waals surface area (Å²) in [6.07, 6.45) is 3.75. The molecule has 2 heterocycles. The zero-order chi connectivity index (χ0) is 21.5. The third-order valence-corrected chi connectivity index (χ3v) is 6.08. The predicted octanol–water partition coefficient (Wildman–Crippen LogP) is 4.29. The van der Waals surface area contributed by atoms with Crippen LogP contribution in [-0.4, -0.2) is 34.4 Å². The number of nitrogens with one attached hydrogen (secondary N) is 2. The monoisotopic (exact) mass is 443 g/mol. The van der Waals surface area contributed by atoms with Crippen molar-refractivity contribution in [1.82, 2.24) is 19.7 Å². The molecule has 1 unspecified atom stereocenters. The van der Waals surface area contributed by atoms with Crippen molar-refractivity contribution in [1.29, 1.82) is 0 Å². The fraction of sp³-hybridized carbons (Fsp3) is 0.238. The van der Waals surface area contributed by atoms with Gasteiger partial charge >= 0.3 is 0 Å². The number of hydrogen-bond donors (Lipinski definition) is 2. The van der Waals surface area contributed by atoms with Gasteiger partial charge < -0.3 is 4.57 Å². The minimum Gasteiger partial charge on any atom is -0.330 e. The molecular weight excluding hydrogens is 422 g/mol. The molecule has 0 aliphatic rings. The molecule has 0 bridgehead atoms. The van der Waals surface area contributed by atoms with Gasteiger partial charge in [0, 0.05) is 16.6 Å². The number of H-pyrrole nitrogens is 1. The Bertz CT molecular complexity index is 1310. The second-order valence-corrected chi connectivity index (χ2v) is 9.45. The van der Waals surface area contributed by atoms with E-state index in [-0.39, 0.29) is 0 Å². The van der Waals surface area contributed by atoms with Crippen LogP contribution in [0.25, 0.3) is 10.9 Å². The van der Waals surface area contributed by atoms with Gasteiger partial charge in [0.05, 0.1) is 17.5 Å². The number of halogens is 1.